The second kappa shape index (κ2) is 5.31. The van der Waals surface area contributed by atoms with Gasteiger partial charge in [0.15, 0.2) is 0 Å². The van der Waals surface area contributed by atoms with E-state index in [-0.39, 0.29) is 11.9 Å². The van der Waals surface area contributed by atoms with Crippen LogP contribution in [0.3, 0.4) is 0 Å². The second-order valence-electron chi connectivity index (χ2n) is 4.64. The third-order valence-electron chi connectivity index (χ3n) is 3.45. The number of hydrogen-bond acceptors (Lipinski definition) is 3. The number of nitrogens with zero attached hydrogens (tertiary/aromatic N) is 2. The van der Waals surface area contributed by atoms with E-state index in [4.69, 9.17) is 5.73 Å². The molecule has 0 spiro atoms. The van der Waals surface area contributed by atoms with Crippen LogP contribution in [0.2, 0.25) is 0 Å². The maximum absolute atomic E-state index is 11.9. The molecule has 1 aromatic rings. The zero-order valence-corrected chi connectivity index (χ0v) is 10.2. The number of hydrogen-bond donors (Lipinski definition) is 2. The molecular formula is C12H20N4O. The third kappa shape index (κ3) is 2.85. The van der Waals surface area contributed by atoms with E-state index < -0.39 is 0 Å². The fraction of sp³-hybridized carbons (Fsp3) is 0.667. The molecule has 1 fully saturated rings. The first-order valence-electron chi connectivity index (χ1n) is 6.28. The van der Waals surface area contributed by atoms with E-state index in [1.165, 1.54) is 0 Å². The fourth-order valence-corrected chi connectivity index (χ4v) is 2.44. The average molecular weight is 236 g/mol. The Morgan fingerprint density at radius 3 is 3.12 bits per heavy atom. The molecule has 2 rings (SSSR count). The fourth-order valence-electron chi connectivity index (χ4n) is 2.44. The van der Waals surface area contributed by atoms with Gasteiger partial charge in [-0.25, -0.2) is 4.68 Å². The van der Waals surface area contributed by atoms with Gasteiger partial charge in [0.25, 0.3) is 0 Å². The number of aromatic nitrogens is 2. The molecule has 94 valence electrons. The summed E-state index contributed by atoms with van der Waals surface area (Å²) in [7, 11) is 0. The van der Waals surface area contributed by atoms with Gasteiger partial charge in [0.2, 0.25) is 5.91 Å². The van der Waals surface area contributed by atoms with Crippen LogP contribution >= 0.6 is 0 Å². The van der Waals surface area contributed by atoms with Crippen LogP contribution in [0.25, 0.3) is 0 Å². The Hall–Kier alpha value is -1.36. The minimum Gasteiger partial charge on any atom is -0.327 e. The molecule has 0 aliphatic heterocycles. The van der Waals surface area contributed by atoms with Crippen molar-refractivity contribution in [2.24, 2.45) is 11.7 Å². The van der Waals surface area contributed by atoms with Crippen LogP contribution in [0, 0.1) is 5.92 Å². The van der Waals surface area contributed by atoms with Crippen LogP contribution in [-0.4, -0.2) is 21.7 Å². The van der Waals surface area contributed by atoms with Gasteiger partial charge in [0.1, 0.15) is 5.82 Å². The lowest BCUT2D eigenvalue weighted by Crippen LogP contribution is -2.28. The van der Waals surface area contributed by atoms with Crippen molar-refractivity contribution in [3.05, 3.63) is 12.3 Å². The molecule has 1 heterocycles. The molecule has 0 aromatic carbocycles. The van der Waals surface area contributed by atoms with Crippen LogP contribution in [0.5, 0.6) is 0 Å². The molecule has 3 N–H and O–H groups in total. The van der Waals surface area contributed by atoms with E-state index in [0.29, 0.717) is 12.3 Å². The molecule has 5 nitrogen and oxygen atoms in total. The van der Waals surface area contributed by atoms with E-state index in [1.54, 1.807) is 10.9 Å². The maximum atomic E-state index is 11.9. The van der Waals surface area contributed by atoms with E-state index >= 15 is 0 Å². The van der Waals surface area contributed by atoms with Gasteiger partial charge in [0, 0.05) is 25.1 Å². The normalized spacial score (nSPS) is 23.9. The van der Waals surface area contributed by atoms with Crippen molar-refractivity contribution in [3.63, 3.8) is 0 Å². The molecular weight excluding hydrogens is 216 g/mol. The Balaban J connectivity index is 1.89. The largest absolute Gasteiger partial charge is 0.327 e. The van der Waals surface area contributed by atoms with E-state index in [9.17, 15) is 4.79 Å². The predicted octanol–water partition coefficient (Wildman–Crippen LogP) is 1.36. The Morgan fingerprint density at radius 2 is 2.47 bits per heavy atom. The van der Waals surface area contributed by atoms with Crippen LogP contribution in [0.4, 0.5) is 5.82 Å². The van der Waals surface area contributed by atoms with Crippen molar-refractivity contribution in [1.82, 2.24) is 9.78 Å². The highest BCUT2D eigenvalue weighted by atomic mass is 16.1. The summed E-state index contributed by atoms with van der Waals surface area (Å²) >= 11 is 0. The summed E-state index contributed by atoms with van der Waals surface area (Å²) in [6.07, 6.45) is 5.48. The van der Waals surface area contributed by atoms with Crippen LogP contribution in [0.15, 0.2) is 12.3 Å². The van der Waals surface area contributed by atoms with Crippen molar-refractivity contribution in [2.75, 3.05) is 5.32 Å². The standard InChI is InChI=1S/C12H20N4O/c1-2-16-11(6-7-14-16)15-12(17)8-9-4-3-5-10(9)13/h6-7,9-10H,2-5,8,13H2,1H3,(H,15,17)/t9-,10+/m0/s1. The van der Waals surface area contributed by atoms with Gasteiger partial charge in [-0.2, -0.15) is 5.10 Å². The monoisotopic (exact) mass is 236 g/mol. The lowest BCUT2D eigenvalue weighted by molar-refractivity contribution is -0.117. The lowest BCUT2D eigenvalue weighted by Gasteiger charge is -2.14. The zero-order valence-electron chi connectivity index (χ0n) is 10.2. The number of amides is 1. The molecule has 1 amide bonds. The molecule has 1 saturated carbocycles. The van der Waals surface area contributed by atoms with Crippen molar-refractivity contribution in [1.29, 1.82) is 0 Å². The van der Waals surface area contributed by atoms with Crippen LogP contribution < -0.4 is 11.1 Å². The smallest absolute Gasteiger partial charge is 0.225 e. The lowest BCUT2D eigenvalue weighted by atomic mass is 10.00. The first-order valence-corrected chi connectivity index (χ1v) is 6.28. The summed E-state index contributed by atoms with van der Waals surface area (Å²) in [6.45, 7) is 2.75. The van der Waals surface area contributed by atoms with Gasteiger partial charge in [-0.3, -0.25) is 4.79 Å². The number of nitrogens with one attached hydrogen (secondary N) is 1. The molecule has 1 aliphatic carbocycles. The molecule has 17 heavy (non-hydrogen) atoms. The highest BCUT2D eigenvalue weighted by Crippen LogP contribution is 2.27. The average Bonchev–Trinajstić information content (AvgIpc) is 2.89. The van der Waals surface area contributed by atoms with E-state index in [0.717, 1.165) is 31.6 Å². The van der Waals surface area contributed by atoms with E-state index in [1.807, 2.05) is 13.0 Å². The number of carbonyl (C=O) groups excluding carboxylic acids is 1. The highest BCUT2D eigenvalue weighted by Gasteiger charge is 2.26. The van der Waals surface area contributed by atoms with E-state index in [2.05, 4.69) is 10.4 Å². The second-order valence-corrected chi connectivity index (χ2v) is 4.64. The van der Waals surface area contributed by atoms with Crippen molar-refractivity contribution in [3.8, 4) is 0 Å². The number of rotatable bonds is 4. The predicted molar refractivity (Wildman–Crippen MR) is 66.5 cm³/mol. The number of anilines is 1. The minimum atomic E-state index is 0.0440. The minimum absolute atomic E-state index is 0.0440. The zero-order chi connectivity index (χ0) is 12.3. The molecule has 0 saturated heterocycles. The van der Waals surface area contributed by atoms with Crippen molar-refractivity contribution in [2.45, 2.75) is 45.2 Å². The van der Waals surface area contributed by atoms with Crippen molar-refractivity contribution >= 4 is 11.7 Å². The molecule has 0 unspecified atom stereocenters. The quantitative estimate of drug-likeness (QED) is 0.829. The third-order valence-corrected chi connectivity index (χ3v) is 3.45. The maximum Gasteiger partial charge on any atom is 0.225 e. The van der Waals surface area contributed by atoms with Gasteiger partial charge >= 0.3 is 0 Å². The molecule has 0 radical (unpaired) electrons. The highest BCUT2D eigenvalue weighted by molar-refractivity contribution is 5.90. The Morgan fingerprint density at radius 1 is 1.65 bits per heavy atom. The van der Waals surface area contributed by atoms with Gasteiger partial charge in [0.05, 0.1) is 6.20 Å². The number of carbonyl (C=O) groups is 1. The molecule has 0 bridgehead atoms. The summed E-state index contributed by atoms with van der Waals surface area (Å²) in [4.78, 5) is 11.9. The first kappa shape index (κ1) is 12.1. The number of aryl methyl sites for hydroxylation is 1. The Kier molecular flexibility index (Phi) is 3.78. The van der Waals surface area contributed by atoms with Crippen LogP contribution in [-0.2, 0) is 11.3 Å². The first-order chi connectivity index (χ1) is 8.20. The SMILES string of the molecule is CCn1nccc1NC(=O)C[C@@H]1CCC[C@H]1N. The summed E-state index contributed by atoms with van der Waals surface area (Å²) in [5, 5.41) is 7.01. The van der Waals surface area contributed by atoms with Crippen molar-refractivity contribution < 1.29 is 4.79 Å². The summed E-state index contributed by atoms with van der Waals surface area (Å²) < 4.78 is 1.77. The summed E-state index contributed by atoms with van der Waals surface area (Å²) in [6, 6.07) is 2.01. The summed E-state index contributed by atoms with van der Waals surface area (Å²) in [5.74, 6) is 1.15. The van der Waals surface area contributed by atoms with Gasteiger partial charge in [-0.05, 0) is 25.7 Å². The Bertz CT molecular complexity index is 388. The van der Waals surface area contributed by atoms with Gasteiger partial charge in [-0.1, -0.05) is 6.42 Å². The topological polar surface area (TPSA) is 72.9 Å². The molecule has 2 atom stereocenters. The molecule has 1 aliphatic rings. The van der Waals surface area contributed by atoms with Gasteiger partial charge < -0.3 is 11.1 Å². The van der Waals surface area contributed by atoms with Crippen LogP contribution in [0.1, 0.15) is 32.6 Å². The summed E-state index contributed by atoms with van der Waals surface area (Å²) in [5.41, 5.74) is 5.96. The molecule has 5 heteroatoms. The Labute approximate surface area is 101 Å². The van der Waals surface area contributed by atoms with Gasteiger partial charge in [-0.15, -0.1) is 0 Å². The molecule has 1 aromatic heterocycles. The number of nitrogens with two attached hydrogens (primary N) is 1.